The number of methoxy groups -OCH3 is 1. The highest BCUT2D eigenvalue weighted by atomic mass is 16.6. The van der Waals surface area contributed by atoms with Gasteiger partial charge in [0.2, 0.25) is 11.8 Å². The van der Waals surface area contributed by atoms with Crippen LogP contribution in [0.15, 0.2) is 24.3 Å². The van der Waals surface area contributed by atoms with Crippen molar-refractivity contribution >= 4 is 23.9 Å². The summed E-state index contributed by atoms with van der Waals surface area (Å²) >= 11 is 0. The second-order valence-electron chi connectivity index (χ2n) is 9.07. The van der Waals surface area contributed by atoms with Gasteiger partial charge in [0.1, 0.15) is 30.0 Å². The van der Waals surface area contributed by atoms with E-state index in [1.165, 1.54) is 43.3 Å². The van der Waals surface area contributed by atoms with Crippen LogP contribution in [0.2, 0.25) is 0 Å². The molecule has 3 N–H and O–H groups in total. The van der Waals surface area contributed by atoms with Crippen LogP contribution in [0.3, 0.4) is 0 Å². The van der Waals surface area contributed by atoms with Crippen molar-refractivity contribution in [3.63, 3.8) is 0 Å². The smallest absolute Gasteiger partial charge is 0.408 e. The molecular weight excluding hydrogens is 430 g/mol. The number of hydrogen-bond acceptors (Lipinski definition) is 7. The summed E-state index contributed by atoms with van der Waals surface area (Å²) in [4.78, 5) is 51.4. The van der Waals surface area contributed by atoms with E-state index in [1.807, 2.05) is 13.8 Å². The zero-order valence-corrected chi connectivity index (χ0v) is 20.3. The Labute approximate surface area is 194 Å². The summed E-state index contributed by atoms with van der Waals surface area (Å²) in [5.74, 6) is -1.73. The fraction of sp³-hybridized carbons (Fsp3) is 0.565. The number of aromatic hydroxyl groups is 1. The summed E-state index contributed by atoms with van der Waals surface area (Å²) in [6.45, 7) is 8.56. The van der Waals surface area contributed by atoms with E-state index in [0.717, 1.165) is 0 Å². The summed E-state index contributed by atoms with van der Waals surface area (Å²) < 4.78 is 9.83. The molecule has 0 aliphatic carbocycles. The van der Waals surface area contributed by atoms with Crippen LogP contribution in [-0.2, 0) is 23.9 Å². The lowest BCUT2D eigenvalue weighted by Gasteiger charge is -2.32. The molecule has 33 heavy (non-hydrogen) atoms. The van der Waals surface area contributed by atoms with Crippen LogP contribution >= 0.6 is 0 Å². The van der Waals surface area contributed by atoms with Gasteiger partial charge in [-0.15, -0.1) is 0 Å². The Morgan fingerprint density at radius 3 is 2.15 bits per heavy atom. The third kappa shape index (κ3) is 9.38. The van der Waals surface area contributed by atoms with Crippen molar-refractivity contribution in [2.24, 2.45) is 5.92 Å². The average molecular weight is 466 g/mol. The number of likely N-dealkylation sites (N-methyl/N-ethyl adjacent to an activating group) is 1. The van der Waals surface area contributed by atoms with E-state index in [-0.39, 0.29) is 18.2 Å². The van der Waals surface area contributed by atoms with E-state index < -0.39 is 41.6 Å². The molecule has 0 bridgehead atoms. The summed E-state index contributed by atoms with van der Waals surface area (Å²) in [7, 11) is 2.63. The van der Waals surface area contributed by atoms with Crippen molar-refractivity contribution in [3.8, 4) is 5.75 Å². The molecule has 0 saturated heterocycles. The third-order valence-corrected chi connectivity index (χ3v) is 4.52. The molecule has 0 aliphatic rings. The van der Waals surface area contributed by atoms with Gasteiger partial charge in [-0.2, -0.15) is 0 Å². The highest BCUT2D eigenvalue weighted by Crippen LogP contribution is 2.24. The maximum Gasteiger partial charge on any atom is 0.408 e. The molecule has 1 aromatic rings. The number of ether oxygens (including phenoxy) is 2. The van der Waals surface area contributed by atoms with E-state index >= 15 is 0 Å². The summed E-state index contributed by atoms with van der Waals surface area (Å²) in [5.41, 5.74) is -0.337. The number of benzene rings is 1. The van der Waals surface area contributed by atoms with Gasteiger partial charge >= 0.3 is 12.1 Å². The Bertz CT molecular complexity index is 831. The van der Waals surface area contributed by atoms with Crippen molar-refractivity contribution in [1.82, 2.24) is 15.5 Å². The molecule has 1 aromatic carbocycles. The van der Waals surface area contributed by atoms with Crippen LogP contribution in [0.1, 0.15) is 52.6 Å². The van der Waals surface area contributed by atoms with Gasteiger partial charge in [-0.3, -0.25) is 14.4 Å². The molecule has 0 saturated carbocycles. The second-order valence-corrected chi connectivity index (χ2v) is 9.07. The third-order valence-electron chi connectivity index (χ3n) is 4.52. The highest BCUT2D eigenvalue weighted by Gasteiger charge is 2.34. The predicted molar refractivity (Wildman–Crippen MR) is 121 cm³/mol. The molecule has 10 nitrogen and oxygen atoms in total. The monoisotopic (exact) mass is 465 g/mol. The van der Waals surface area contributed by atoms with Crippen LogP contribution in [0, 0.1) is 5.92 Å². The first-order chi connectivity index (χ1) is 15.2. The van der Waals surface area contributed by atoms with Gasteiger partial charge in [0.05, 0.1) is 7.11 Å². The fourth-order valence-corrected chi connectivity index (χ4v) is 3.05. The number of amides is 3. The maximum absolute atomic E-state index is 13.4. The number of phenolic OH excluding ortho intramolecular Hbond substituents is 1. The molecule has 0 aliphatic heterocycles. The molecule has 0 fully saturated rings. The Kier molecular flexibility index (Phi) is 10.2. The van der Waals surface area contributed by atoms with Gasteiger partial charge in [-0.25, -0.2) is 4.79 Å². The van der Waals surface area contributed by atoms with Crippen LogP contribution in [0.25, 0.3) is 0 Å². The molecule has 2 atom stereocenters. The zero-order chi connectivity index (χ0) is 25.3. The number of nitrogens with one attached hydrogen (secondary N) is 2. The maximum atomic E-state index is 13.4. The second kappa shape index (κ2) is 12.1. The van der Waals surface area contributed by atoms with E-state index in [2.05, 4.69) is 15.4 Å². The molecule has 0 aromatic heterocycles. The van der Waals surface area contributed by atoms with Gasteiger partial charge in [-0.05, 0) is 50.8 Å². The largest absolute Gasteiger partial charge is 0.508 e. The molecule has 184 valence electrons. The van der Waals surface area contributed by atoms with Gasteiger partial charge < -0.3 is 30.1 Å². The molecule has 0 radical (unpaired) electrons. The number of esters is 1. The molecule has 2 unspecified atom stereocenters. The SMILES string of the molecule is COC(=O)CNC(=O)C(c1ccc(O)cc1)N(C)C(=O)C(CC(C)C)NC(=O)OC(C)(C)C. The standard InChI is InChI=1S/C23H35N3O7/c1-14(2)12-17(25-22(31)33-23(3,4)5)21(30)26(6)19(15-8-10-16(27)11-9-15)20(29)24-13-18(28)32-7/h8-11,14,17,19,27H,12-13H2,1-7H3,(H,24,29)(H,25,31). The van der Waals surface area contributed by atoms with Gasteiger partial charge in [0.25, 0.3) is 0 Å². The van der Waals surface area contributed by atoms with Gasteiger partial charge in [-0.1, -0.05) is 26.0 Å². The van der Waals surface area contributed by atoms with Crippen molar-refractivity contribution < 1.29 is 33.8 Å². The lowest BCUT2D eigenvalue weighted by Crippen LogP contribution is -2.52. The van der Waals surface area contributed by atoms with Crippen molar-refractivity contribution in [1.29, 1.82) is 0 Å². The van der Waals surface area contributed by atoms with Gasteiger partial charge in [0.15, 0.2) is 0 Å². The summed E-state index contributed by atoms with van der Waals surface area (Å²) in [6.07, 6.45) is -0.430. The van der Waals surface area contributed by atoms with E-state index in [4.69, 9.17) is 4.74 Å². The fourth-order valence-electron chi connectivity index (χ4n) is 3.05. The normalized spacial score (nSPS) is 13.0. The number of hydrogen-bond donors (Lipinski definition) is 3. The first kappa shape index (κ1) is 27.7. The Hall–Kier alpha value is -3.30. The number of phenols is 1. The first-order valence-corrected chi connectivity index (χ1v) is 10.6. The summed E-state index contributed by atoms with van der Waals surface area (Å²) in [6, 6.07) is 3.70. The number of alkyl carbamates (subject to hydrolysis) is 1. The average Bonchev–Trinajstić information content (AvgIpc) is 2.70. The summed E-state index contributed by atoms with van der Waals surface area (Å²) in [5, 5.41) is 14.7. The van der Waals surface area contributed by atoms with Crippen molar-refractivity contribution in [2.75, 3.05) is 20.7 Å². The molecular formula is C23H35N3O7. The highest BCUT2D eigenvalue weighted by molar-refractivity contribution is 5.93. The topological polar surface area (TPSA) is 134 Å². The first-order valence-electron chi connectivity index (χ1n) is 10.6. The van der Waals surface area contributed by atoms with Gasteiger partial charge in [0, 0.05) is 7.05 Å². The van der Waals surface area contributed by atoms with Crippen molar-refractivity contribution in [3.05, 3.63) is 29.8 Å². The minimum atomic E-state index is -1.13. The Balaban J connectivity index is 3.21. The van der Waals surface area contributed by atoms with Crippen LogP contribution in [0.5, 0.6) is 5.75 Å². The quantitative estimate of drug-likeness (QED) is 0.476. The van der Waals surface area contributed by atoms with Crippen LogP contribution in [0.4, 0.5) is 4.79 Å². The van der Waals surface area contributed by atoms with E-state index in [1.54, 1.807) is 20.8 Å². The minimum absolute atomic E-state index is 0.00859. The van der Waals surface area contributed by atoms with E-state index in [0.29, 0.717) is 12.0 Å². The molecule has 1 rings (SSSR count). The molecule has 10 heteroatoms. The predicted octanol–water partition coefficient (Wildman–Crippen LogP) is 2.12. The Morgan fingerprint density at radius 2 is 1.67 bits per heavy atom. The van der Waals surface area contributed by atoms with Crippen molar-refractivity contribution in [2.45, 2.75) is 58.7 Å². The lowest BCUT2D eigenvalue weighted by atomic mass is 10.00. The Morgan fingerprint density at radius 1 is 1.09 bits per heavy atom. The molecule has 0 heterocycles. The molecule has 0 spiro atoms. The van der Waals surface area contributed by atoms with Crippen LogP contribution < -0.4 is 10.6 Å². The number of carbonyl (C=O) groups excluding carboxylic acids is 4. The number of nitrogens with zero attached hydrogens (tertiary/aromatic N) is 1. The number of carbonyl (C=O) groups is 4. The zero-order valence-electron chi connectivity index (χ0n) is 20.3. The lowest BCUT2D eigenvalue weighted by molar-refractivity contribution is -0.144. The number of rotatable bonds is 9. The van der Waals surface area contributed by atoms with Crippen LogP contribution in [-0.4, -0.2) is 66.2 Å². The minimum Gasteiger partial charge on any atom is -0.508 e. The van der Waals surface area contributed by atoms with E-state index in [9.17, 15) is 24.3 Å². The molecule has 3 amide bonds.